The summed E-state index contributed by atoms with van der Waals surface area (Å²) < 4.78 is 13.5. The van der Waals surface area contributed by atoms with Crippen LogP contribution >= 0.6 is 15.9 Å². The van der Waals surface area contributed by atoms with Gasteiger partial charge >= 0.3 is 0 Å². The van der Waals surface area contributed by atoms with Gasteiger partial charge in [0.05, 0.1) is 10.2 Å². The fourth-order valence-electron chi connectivity index (χ4n) is 2.23. The number of hydrogen-bond acceptors (Lipinski definition) is 3. The molecular weight excluding hydrogens is 337 g/mol. The molecule has 0 fully saturated rings. The van der Waals surface area contributed by atoms with Crippen LogP contribution in [-0.4, -0.2) is 29.4 Å². The molecule has 114 valence electrons. The topological polar surface area (TPSA) is 47.3 Å². The Labute approximate surface area is 133 Å². The molecule has 0 aliphatic carbocycles. The average molecular weight is 356 g/mol. The molecule has 0 heterocycles. The summed E-state index contributed by atoms with van der Waals surface area (Å²) in [6, 6.07) is 4.33. The smallest absolute Gasteiger partial charge is 0.243 e. The lowest BCUT2D eigenvalue weighted by atomic mass is 10.2. The molecule has 21 heavy (non-hydrogen) atoms. The molecule has 1 rings (SSSR count). The second kappa shape index (κ2) is 7.41. The fourth-order valence-corrected chi connectivity index (χ4v) is 2.59. The lowest BCUT2D eigenvalue weighted by molar-refractivity contribution is -0.133. The molecule has 1 amide bonds. The number of rotatable bonds is 5. The van der Waals surface area contributed by atoms with Gasteiger partial charge in [0.1, 0.15) is 12.4 Å². The zero-order chi connectivity index (χ0) is 16.2. The summed E-state index contributed by atoms with van der Waals surface area (Å²) in [6.45, 7) is 7.67. The van der Waals surface area contributed by atoms with Gasteiger partial charge in [0.2, 0.25) is 5.91 Å². The van der Waals surface area contributed by atoms with E-state index in [2.05, 4.69) is 15.9 Å². The minimum atomic E-state index is -0.408. The zero-order valence-corrected chi connectivity index (χ0v) is 14.2. The van der Waals surface area contributed by atoms with E-state index in [-0.39, 0.29) is 29.0 Å². The van der Waals surface area contributed by atoms with Gasteiger partial charge in [-0.2, -0.15) is 5.26 Å². The Morgan fingerprint density at radius 2 is 1.90 bits per heavy atom. The van der Waals surface area contributed by atoms with Gasteiger partial charge in [-0.25, -0.2) is 4.39 Å². The maximum atomic E-state index is 13.2. The first-order valence-corrected chi connectivity index (χ1v) is 7.50. The summed E-state index contributed by atoms with van der Waals surface area (Å²) in [7, 11) is 0. The molecule has 0 unspecified atom stereocenters. The first kappa shape index (κ1) is 17.4. The van der Waals surface area contributed by atoms with E-state index in [1.165, 1.54) is 23.1 Å². The highest BCUT2D eigenvalue weighted by Crippen LogP contribution is 2.23. The number of benzene rings is 1. The van der Waals surface area contributed by atoms with E-state index in [0.29, 0.717) is 5.69 Å². The van der Waals surface area contributed by atoms with Gasteiger partial charge in [0.15, 0.2) is 6.19 Å². The summed E-state index contributed by atoms with van der Waals surface area (Å²) in [5, 5.41) is 9.24. The Morgan fingerprint density at radius 3 is 2.33 bits per heavy atom. The number of halogens is 2. The van der Waals surface area contributed by atoms with Gasteiger partial charge in [-0.1, -0.05) is 0 Å². The Hall–Kier alpha value is -1.61. The third-order valence-electron chi connectivity index (χ3n) is 3.03. The molecule has 0 spiro atoms. The molecule has 0 N–H and O–H groups in total. The van der Waals surface area contributed by atoms with Crippen molar-refractivity contribution in [3.63, 3.8) is 0 Å². The lowest BCUT2D eigenvalue weighted by Crippen LogP contribution is -2.46. The van der Waals surface area contributed by atoms with E-state index in [1.54, 1.807) is 4.90 Å². The summed E-state index contributed by atoms with van der Waals surface area (Å²) in [4.78, 5) is 15.3. The molecule has 1 aromatic carbocycles. The Kier molecular flexibility index (Phi) is 6.16. The highest BCUT2D eigenvalue weighted by atomic mass is 79.9. The molecule has 0 radical (unpaired) electrons. The predicted octanol–water partition coefficient (Wildman–Crippen LogP) is 3.52. The van der Waals surface area contributed by atoms with Crippen LogP contribution in [0, 0.1) is 17.3 Å². The van der Waals surface area contributed by atoms with E-state index in [4.69, 9.17) is 0 Å². The third-order valence-corrected chi connectivity index (χ3v) is 3.64. The Balaban J connectivity index is 2.94. The number of anilines is 1. The molecule has 0 saturated heterocycles. The van der Waals surface area contributed by atoms with E-state index < -0.39 is 5.82 Å². The summed E-state index contributed by atoms with van der Waals surface area (Å²) in [5.74, 6) is -0.545. The van der Waals surface area contributed by atoms with Crippen molar-refractivity contribution >= 4 is 27.5 Å². The van der Waals surface area contributed by atoms with Crippen molar-refractivity contribution in [3.8, 4) is 6.19 Å². The van der Waals surface area contributed by atoms with Gasteiger partial charge < -0.3 is 4.90 Å². The van der Waals surface area contributed by atoms with Crippen LogP contribution < -0.4 is 4.90 Å². The number of hydrogen-bond donors (Lipinski definition) is 0. The third kappa shape index (κ3) is 4.43. The van der Waals surface area contributed by atoms with Crippen molar-refractivity contribution in [2.24, 2.45) is 0 Å². The van der Waals surface area contributed by atoms with Gasteiger partial charge in [-0.3, -0.25) is 9.69 Å². The van der Waals surface area contributed by atoms with Crippen molar-refractivity contribution in [1.82, 2.24) is 4.90 Å². The molecule has 0 atom stereocenters. The van der Waals surface area contributed by atoms with E-state index in [1.807, 2.05) is 33.9 Å². The van der Waals surface area contributed by atoms with Crippen LogP contribution in [0.5, 0.6) is 0 Å². The summed E-state index contributed by atoms with van der Waals surface area (Å²) in [6.07, 6.45) is 1.97. The van der Waals surface area contributed by atoms with Crippen LogP contribution in [0.25, 0.3) is 0 Å². The predicted molar refractivity (Wildman–Crippen MR) is 84.2 cm³/mol. The highest BCUT2D eigenvalue weighted by Gasteiger charge is 2.22. The van der Waals surface area contributed by atoms with Crippen molar-refractivity contribution < 1.29 is 9.18 Å². The van der Waals surface area contributed by atoms with Crippen molar-refractivity contribution in [1.29, 1.82) is 5.26 Å². The average Bonchev–Trinajstić information content (AvgIpc) is 2.38. The monoisotopic (exact) mass is 355 g/mol. The molecular formula is C15H19BrFN3O. The van der Waals surface area contributed by atoms with Crippen molar-refractivity contribution in [3.05, 3.63) is 28.5 Å². The molecule has 0 aromatic heterocycles. The maximum Gasteiger partial charge on any atom is 0.243 e. The zero-order valence-electron chi connectivity index (χ0n) is 12.6. The Morgan fingerprint density at radius 1 is 1.33 bits per heavy atom. The minimum Gasteiger partial charge on any atom is -0.336 e. The maximum absolute atomic E-state index is 13.2. The SMILES string of the molecule is CC(C)N(C(=O)CN(C#N)c1ccc(F)c(Br)c1)C(C)C. The molecule has 1 aromatic rings. The van der Waals surface area contributed by atoms with Gasteiger partial charge in [0, 0.05) is 12.1 Å². The van der Waals surface area contributed by atoms with Crippen LogP contribution in [0.4, 0.5) is 10.1 Å². The van der Waals surface area contributed by atoms with Gasteiger partial charge in [0.25, 0.3) is 0 Å². The van der Waals surface area contributed by atoms with Gasteiger partial charge in [-0.05, 0) is 61.8 Å². The number of nitriles is 1. The van der Waals surface area contributed by atoms with Crippen LogP contribution in [-0.2, 0) is 4.79 Å². The second-order valence-electron chi connectivity index (χ2n) is 5.27. The number of carbonyl (C=O) groups is 1. The van der Waals surface area contributed by atoms with Crippen molar-refractivity contribution in [2.75, 3.05) is 11.4 Å². The van der Waals surface area contributed by atoms with E-state index >= 15 is 0 Å². The van der Waals surface area contributed by atoms with E-state index in [9.17, 15) is 14.4 Å². The Bertz CT molecular complexity index is 546. The van der Waals surface area contributed by atoms with Gasteiger partial charge in [-0.15, -0.1) is 0 Å². The summed E-state index contributed by atoms with van der Waals surface area (Å²) in [5.41, 5.74) is 0.478. The van der Waals surface area contributed by atoms with Crippen LogP contribution in [0.2, 0.25) is 0 Å². The molecule has 6 heteroatoms. The quantitative estimate of drug-likeness (QED) is 0.599. The first-order chi connectivity index (χ1) is 9.77. The molecule has 0 aliphatic rings. The number of nitrogens with zero attached hydrogens (tertiary/aromatic N) is 3. The molecule has 0 bridgehead atoms. The normalized spacial score (nSPS) is 10.6. The molecule has 4 nitrogen and oxygen atoms in total. The second-order valence-corrected chi connectivity index (χ2v) is 6.13. The minimum absolute atomic E-state index is 0.0537. The standard InChI is InChI=1S/C15H19BrFN3O/c1-10(2)20(11(3)4)15(21)8-19(9-18)12-5-6-14(17)13(16)7-12/h5-7,10-11H,8H2,1-4H3. The van der Waals surface area contributed by atoms with Crippen LogP contribution in [0.15, 0.2) is 22.7 Å². The van der Waals surface area contributed by atoms with Crippen LogP contribution in [0.3, 0.4) is 0 Å². The fraction of sp³-hybridized carbons (Fsp3) is 0.467. The van der Waals surface area contributed by atoms with Crippen molar-refractivity contribution in [2.45, 2.75) is 39.8 Å². The lowest BCUT2D eigenvalue weighted by Gasteiger charge is -2.32. The summed E-state index contributed by atoms with van der Waals surface area (Å²) >= 11 is 3.08. The molecule has 0 saturated carbocycles. The molecule has 0 aliphatic heterocycles. The number of carbonyl (C=O) groups excluding carboxylic acids is 1. The van der Waals surface area contributed by atoms with E-state index in [0.717, 1.165) is 0 Å². The number of amides is 1. The highest BCUT2D eigenvalue weighted by molar-refractivity contribution is 9.10. The first-order valence-electron chi connectivity index (χ1n) is 6.71. The van der Waals surface area contributed by atoms with Crippen LogP contribution in [0.1, 0.15) is 27.7 Å². The largest absolute Gasteiger partial charge is 0.336 e.